The molecule has 0 radical (unpaired) electrons. The number of sulfonamides is 1. The van der Waals surface area contributed by atoms with Crippen LogP contribution in [0.1, 0.15) is 18.4 Å². The van der Waals surface area contributed by atoms with Gasteiger partial charge in [-0.15, -0.1) is 0 Å². The molecule has 1 aliphatic rings. The summed E-state index contributed by atoms with van der Waals surface area (Å²) in [4.78, 5) is 0.0773. The zero-order valence-corrected chi connectivity index (χ0v) is 12.8. The minimum absolute atomic E-state index is 0.0173. The predicted molar refractivity (Wildman–Crippen MR) is 77.6 cm³/mol. The lowest BCUT2D eigenvalue weighted by Crippen LogP contribution is -2.41. The Hall–Kier alpha value is -1.12. The molecule has 1 aromatic rings. The van der Waals surface area contributed by atoms with Crippen molar-refractivity contribution in [2.75, 3.05) is 17.2 Å². The summed E-state index contributed by atoms with van der Waals surface area (Å²) in [6, 6.07) is 4.54. The number of benzene rings is 1. The molecule has 0 unspecified atom stereocenters. The number of nitrogens with two attached hydrogens (primary N) is 1. The Morgan fingerprint density at radius 3 is 2.40 bits per heavy atom. The van der Waals surface area contributed by atoms with Crippen molar-refractivity contribution in [2.24, 2.45) is 0 Å². The van der Waals surface area contributed by atoms with Gasteiger partial charge in [-0.05, 0) is 31.4 Å². The summed E-state index contributed by atoms with van der Waals surface area (Å²) >= 11 is 0. The van der Waals surface area contributed by atoms with Gasteiger partial charge in [-0.2, -0.15) is 0 Å². The summed E-state index contributed by atoms with van der Waals surface area (Å²) in [6.45, 7) is 1.68. The van der Waals surface area contributed by atoms with Gasteiger partial charge < -0.3 is 5.73 Å². The largest absolute Gasteiger partial charge is 0.398 e. The Kier molecular flexibility index (Phi) is 4.08. The lowest BCUT2D eigenvalue weighted by molar-refractivity contribution is 0.505. The number of hydrogen-bond acceptors (Lipinski definition) is 5. The average molecular weight is 318 g/mol. The van der Waals surface area contributed by atoms with Crippen LogP contribution in [0.3, 0.4) is 0 Å². The summed E-state index contributed by atoms with van der Waals surface area (Å²) < 4.78 is 50.0. The Labute approximate surface area is 119 Å². The first-order valence-corrected chi connectivity index (χ1v) is 9.59. The van der Waals surface area contributed by atoms with Gasteiger partial charge in [0.05, 0.1) is 17.2 Å². The summed E-state index contributed by atoms with van der Waals surface area (Å²) in [7, 11) is -6.74. The van der Waals surface area contributed by atoms with Crippen LogP contribution in [0.5, 0.6) is 0 Å². The van der Waals surface area contributed by atoms with Crippen LogP contribution >= 0.6 is 0 Å². The average Bonchev–Trinajstić information content (AvgIpc) is 2.31. The topological polar surface area (TPSA) is 106 Å². The van der Waals surface area contributed by atoms with Crippen LogP contribution in [0.15, 0.2) is 23.1 Å². The Balaban J connectivity index is 2.21. The highest BCUT2D eigenvalue weighted by Gasteiger charge is 2.29. The SMILES string of the molecule is Cc1cccc(N)c1S(=O)(=O)NC1CCS(=O)(=O)CC1. The molecule has 8 heteroatoms. The molecule has 0 amide bonds. The Morgan fingerprint density at radius 2 is 1.85 bits per heavy atom. The van der Waals surface area contributed by atoms with Crippen molar-refractivity contribution < 1.29 is 16.8 Å². The van der Waals surface area contributed by atoms with Crippen LogP contribution in [-0.4, -0.2) is 34.4 Å². The van der Waals surface area contributed by atoms with Crippen LogP contribution in [0, 0.1) is 6.92 Å². The zero-order valence-electron chi connectivity index (χ0n) is 11.2. The predicted octanol–water partition coefficient (Wildman–Crippen LogP) is 0.433. The number of hydrogen-bond donors (Lipinski definition) is 2. The third-order valence-electron chi connectivity index (χ3n) is 3.39. The van der Waals surface area contributed by atoms with E-state index in [0.717, 1.165) is 0 Å². The fraction of sp³-hybridized carbons (Fsp3) is 0.500. The second-order valence-electron chi connectivity index (χ2n) is 5.04. The van der Waals surface area contributed by atoms with Crippen molar-refractivity contribution in [1.82, 2.24) is 4.72 Å². The molecule has 112 valence electrons. The lowest BCUT2D eigenvalue weighted by atomic mass is 10.2. The van der Waals surface area contributed by atoms with Gasteiger partial charge in [0.25, 0.3) is 0 Å². The van der Waals surface area contributed by atoms with Gasteiger partial charge in [0.1, 0.15) is 14.7 Å². The standard InChI is InChI=1S/C12H18N2O4S2/c1-9-3-2-4-11(13)12(9)20(17,18)14-10-5-7-19(15,16)8-6-10/h2-4,10,14H,5-8,13H2,1H3. The number of anilines is 1. The van der Waals surface area contributed by atoms with E-state index in [9.17, 15) is 16.8 Å². The first-order chi connectivity index (χ1) is 9.21. The highest BCUT2D eigenvalue weighted by Crippen LogP contribution is 2.23. The highest BCUT2D eigenvalue weighted by atomic mass is 32.2. The molecule has 0 bridgehead atoms. The maximum Gasteiger partial charge on any atom is 0.243 e. The molecule has 1 heterocycles. The monoisotopic (exact) mass is 318 g/mol. The zero-order chi connectivity index (χ0) is 15.0. The second-order valence-corrected chi connectivity index (χ2v) is 9.00. The van der Waals surface area contributed by atoms with Gasteiger partial charge in [0, 0.05) is 6.04 Å². The van der Waals surface area contributed by atoms with E-state index in [1.807, 2.05) is 0 Å². The van der Waals surface area contributed by atoms with Crippen LogP contribution in [0.4, 0.5) is 5.69 Å². The van der Waals surface area contributed by atoms with Crippen molar-refractivity contribution in [3.63, 3.8) is 0 Å². The molecule has 2 rings (SSSR count). The van der Waals surface area contributed by atoms with E-state index in [2.05, 4.69) is 4.72 Å². The molecule has 1 aliphatic heterocycles. The summed E-state index contributed by atoms with van der Waals surface area (Å²) in [5, 5.41) is 0. The molecule has 0 atom stereocenters. The van der Waals surface area contributed by atoms with Gasteiger partial charge >= 0.3 is 0 Å². The molecule has 0 aromatic heterocycles. The lowest BCUT2D eigenvalue weighted by Gasteiger charge is -2.23. The number of sulfone groups is 1. The van der Waals surface area contributed by atoms with Crippen molar-refractivity contribution in [1.29, 1.82) is 0 Å². The maximum atomic E-state index is 12.4. The summed E-state index contributed by atoms with van der Waals surface area (Å²) in [6.07, 6.45) is 0.598. The Bertz CT molecular complexity index is 677. The van der Waals surface area contributed by atoms with Crippen LogP contribution < -0.4 is 10.5 Å². The Morgan fingerprint density at radius 1 is 1.25 bits per heavy atom. The third-order valence-corrected chi connectivity index (χ3v) is 6.84. The molecular weight excluding hydrogens is 300 g/mol. The van der Waals surface area contributed by atoms with Crippen molar-refractivity contribution in [3.05, 3.63) is 23.8 Å². The molecule has 1 saturated heterocycles. The van der Waals surface area contributed by atoms with Crippen LogP contribution in [0.2, 0.25) is 0 Å². The van der Waals surface area contributed by atoms with E-state index in [1.165, 1.54) is 6.07 Å². The molecule has 0 spiro atoms. The van der Waals surface area contributed by atoms with E-state index < -0.39 is 19.9 Å². The first kappa shape index (κ1) is 15.3. The van der Waals surface area contributed by atoms with Gasteiger partial charge in [-0.3, -0.25) is 0 Å². The van der Waals surface area contributed by atoms with Crippen LogP contribution in [-0.2, 0) is 19.9 Å². The minimum Gasteiger partial charge on any atom is -0.398 e. The molecule has 6 nitrogen and oxygen atoms in total. The fourth-order valence-electron chi connectivity index (χ4n) is 2.33. The molecule has 20 heavy (non-hydrogen) atoms. The van der Waals surface area contributed by atoms with Crippen LogP contribution in [0.25, 0.3) is 0 Å². The van der Waals surface area contributed by atoms with E-state index in [1.54, 1.807) is 19.1 Å². The smallest absolute Gasteiger partial charge is 0.243 e. The second kappa shape index (κ2) is 5.34. The molecule has 3 N–H and O–H groups in total. The number of rotatable bonds is 3. The fourth-order valence-corrected chi connectivity index (χ4v) is 5.48. The van der Waals surface area contributed by atoms with Gasteiger partial charge in [-0.1, -0.05) is 12.1 Å². The molecule has 1 fully saturated rings. The van der Waals surface area contributed by atoms with Gasteiger partial charge in [-0.25, -0.2) is 21.6 Å². The van der Waals surface area contributed by atoms with Crippen molar-refractivity contribution in [2.45, 2.75) is 30.7 Å². The number of nitrogen functional groups attached to an aromatic ring is 1. The molecule has 0 aliphatic carbocycles. The van der Waals surface area contributed by atoms with E-state index in [0.29, 0.717) is 18.4 Å². The van der Waals surface area contributed by atoms with Gasteiger partial charge in [0.15, 0.2) is 0 Å². The molecule has 1 aromatic carbocycles. The first-order valence-electron chi connectivity index (χ1n) is 6.29. The molecular formula is C12H18N2O4S2. The van der Waals surface area contributed by atoms with Crippen molar-refractivity contribution >= 4 is 25.5 Å². The summed E-state index contributed by atoms with van der Waals surface area (Å²) in [5.41, 5.74) is 6.51. The van der Waals surface area contributed by atoms with E-state index in [4.69, 9.17) is 5.73 Å². The number of aryl methyl sites for hydroxylation is 1. The quantitative estimate of drug-likeness (QED) is 0.786. The molecule has 0 saturated carbocycles. The van der Waals surface area contributed by atoms with Crippen molar-refractivity contribution in [3.8, 4) is 0 Å². The summed E-state index contributed by atoms with van der Waals surface area (Å²) in [5.74, 6) is 0.0346. The van der Waals surface area contributed by atoms with Gasteiger partial charge in [0.2, 0.25) is 10.0 Å². The number of nitrogens with one attached hydrogen (secondary N) is 1. The minimum atomic E-state index is -3.73. The maximum absolute atomic E-state index is 12.4. The van der Waals surface area contributed by atoms with E-state index in [-0.39, 0.29) is 28.1 Å². The van der Waals surface area contributed by atoms with E-state index >= 15 is 0 Å². The highest BCUT2D eigenvalue weighted by molar-refractivity contribution is 7.91. The third kappa shape index (κ3) is 3.31. The normalized spacial score (nSPS) is 19.9.